The molecule has 7 nitrogen and oxygen atoms in total. The molecule has 0 spiro atoms. The molecule has 1 aromatic carbocycles. The molecule has 7 heteroatoms. The molecule has 1 fully saturated rings. The van der Waals surface area contributed by atoms with E-state index in [0.29, 0.717) is 0 Å². The van der Waals surface area contributed by atoms with Gasteiger partial charge in [0.1, 0.15) is 5.82 Å². The van der Waals surface area contributed by atoms with Gasteiger partial charge in [-0.25, -0.2) is 4.98 Å². The summed E-state index contributed by atoms with van der Waals surface area (Å²) in [6.07, 6.45) is 10.6. The van der Waals surface area contributed by atoms with Crippen molar-refractivity contribution in [3.05, 3.63) is 60.9 Å². The maximum atomic E-state index is 12.8. The van der Waals surface area contributed by atoms with Crippen LogP contribution in [0.1, 0.15) is 25.1 Å². The quantitative estimate of drug-likeness (QED) is 0.671. The van der Waals surface area contributed by atoms with Crippen LogP contribution in [0.3, 0.4) is 0 Å². The van der Waals surface area contributed by atoms with Gasteiger partial charge in [-0.1, -0.05) is 0 Å². The van der Waals surface area contributed by atoms with Gasteiger partial charge in [0.15, 0.2) is 0 Å². The number of imidazole rings is 1. The molecule has 2 aromatic heterocycles. The number of likely N-dealkylation sites (tertiary alicyclic amines) is 1. The van der Waals surface area contributed by atoms with Crippen LogP contribution >= 0.6 is 0 Å². The second-order valence-corrected chi connectivity index (χ2v) is 7.64. The second-order valence-electron chi connectivity index (χ2n) is 7.64. The highest BCUT2D eigenvalue weighted by Crippen LogP contribution is 2.20. The summed E-state index contributed by atoms with van der Waals surface area (Å²) in [6.45, 7) is 5.80. The zero-order valence-corrected chi connectivity index (χ0v) is 16.9. The maximum absolute atomic E-state index is 12.8. The van der Waals surface area contributed by atoms with Crippen LogP contribution in [0.25, 0.3) is 5.69 Å². The van der Waals surface area contributed by atoms with Crippen LogP contribution in [0, 0.1) is 12.8 Å². The maximum Gasteiger partial charge on any atom is 0.228 e. The first-order valence-corrected chi connectivity index (χ1v) is 10.3. The van der Waals surface area contributed by atoms with E-state index in [1.165, 1.54) is 0 Å². The van der Waals surface area contributed by atoms with Crippen LogP contribution < -0.4 is 5.32 Å². The van der Waals surface area contributed by atoms with Crippen molar-refractivity contribution in [2.45, 2.75) is 32.7 Å². The van der Waals surface area contributed by atoms with Gasteiger partial charge in [0.25, 0.3) is 0 Å². The highest BCUT2D eigenvalue weighted by Gasteiger charge is 2.25. The predicted octanol–water partition coefficient (Wildman–Crippen LogP) is 3.12. The fourth-order valence-electron chi connectivity index (χ4n) is 3.96. The van der Waals surface area contributed by atoms with Crippen molar-refractivity contribution in [2.24, 2.45) is 5.92 Å². The monoisotopic (exact) mass is 392 g/mol. The highest BCUT2D eigenvalue weighted by atomic mass is 16.1. The zero-order chi connectivity index (χ0) is 20.1. The van der Waals surface area contributed by atoms with Gasteiger partial charge >= 0.3 is 0 Å². The predicted molar refractivity (Wildman–Crippen MR) is 113 cm³/mol. The van der Waals surface area contributed by atoms with Gasteiger partial charge in [-0.2, -0.15) is 5.10 Å². The summed E-state index contributed by atoms with van der Waals surface area (Å²) in [5.41, 5.74) is 1.88. The first-order valence-electron chi connectivity index (χ1n) is 10.3. The first-order chi connectivity index (χ1) is 14.2. The summed E-state index contributed by atoms with van der Waals surface area (Å²) >= 11 is 0. The molecule has 1 aliphatic heterocycles. The second kappa shape index (κ2) is 9.05. The van der Waals surface area contributed by atoms with Gasteiger partial charge in [0.05, 0.1) is 5.92 Å². The number of nitrogens with one attached hydrogen (secondary N) is 1. The highest BCUT2D eigenvalue weighted by molar-refractivity contribution is 5.92. The first kappa shape index (κ1) is 19.4. The lowest BCUT2D eigenvalue weighted by molar-refractivity contribution is -0.121. The molecule has 1 unspecified atom stereocenters. The van der Waals surface area contributed by atoms with Gasteiger partial charge in [0.2, 0.25) is 5.91 Å². The van der Waals surface area contributed by atoms with Gasteiger partial charge in [-0.15, -0.1) is 0 Å². The van der Waals surface area contributed by atoms with Gasteiger partial charge < -0.3 is 14.8 Å². The van der Waals surface area contributed by atoms with E-state index in [-0.39, 0.29) is 11.8 Å². The summed E-state index contributed by atoms with van der Waals surface area (Å²) in [7, 11) is 0. The number of carbonyl (C=O) groups excluding carboxylic acids is 1. The minimum absolute atomic E-state index is 0.0454. The molecular weight excluding hydrogens is 364 g/mol. The fourth-order valence-corrected chi connectivity index (χ4v) is 3.96. The molecule has 1 saturated heterocycles. The standard InChI is InChI=1S/C22H28N6O/c1-18-23-11-16-28(18)21-8-6-20(7-9-21)25-22(29)19-5-2-12-26(17-19)13-4-15-27-14-3-10-24-27/h3,6-11,14,16,19H,2,4-5,12-13,15,17H2,1H3,(H,25,29). The number of amides is 1. The Labute approximate surface area is 171 Å². The van der Waals surface area contributed by atoms with Gasteiger partial charge in [-0.3, -0.25) is 9.48 Å². The third-order valence-corrected chi connectivity index (χ3v) is 5.54. The van der Waals surface area contributed by atoms with Crippen molar-refractivity contribution in [3.8, 4) is 5.69 Å². The molecule has 3 aromatic rings. The van der Waals surface area contributed by atoms with E-state index < -0.39 is 0 Å². The number of benzene rings is 1. The third kappa shape index (κ3) is 4.92. The minimum atomic E-state index is 0.0454. The van der Waals surface area contributed by atoms with Crippen LogP contribution in [0.5, 0.6) is 0 Å². The van der Waals surface area contributed by atoms with Crippen molar-refractivity contribution in [2.75, 3.05) is 25.0 Å². The molecule has 3 heterocycles. The molecule has 1 aliphatic rings. The molecule has 1 N–H and O–H groups in total. The summed E-state index contributed by atoms with van der Waals surface area (Å²) < 4.78 is 3.98. The average molecular weight is 393 g/mol. The molecule has 0 aliphatic carbocycles. The molecule has 152 valence electrons. The number of aryl methyl sites for hydroxylation is 2. The van der Waals surface area contributed by atoms with E-state index in [1.807, 2.05) is 65.1 Å². The van der Waals surface area contributed by atoms with Crippen LogP contribution in [0.2, 0.25) is 0 Å². The van der Waals surface area contributed by atoms with E-state index in [9.17, 15) is 4.79 Å². The van der Waals surface area contributed by atoms with E-state index in [0.717, 1.165) is 62.6 Å². The molecule has 1 atom stereocenters. The molecular formula is C22H28N6O. The van der Waals surface area contributed by atoms with Crippen LogP contribution in [-0.2, 0) is 11.3 Å². The number of rotatable bonds is 7. The Hall–Kier alpha value is -2.93. The average Bonchev–Trinajstić information content (AvgIpc) is 3.41. The van der Waals surface area contributed by atoms with Crippen LogP contribution in [0.4, 0.5) is 5.69 Å². The normalized spacial score (nSPS) is 17.3. The number of nitrogens with zero attached hydrogens (tertiary/aromatic N) is 5. The van der Waals surface area contributed by atoms with Crippen molar-refractivity contribution < 1.29 is 4.79 Å². The van der Waals surface area contributed by atoms with Crippen LogP contribution in [0.15, 0.2) is 55.1 Å². The van der Waals surface area contributed by atoms with Gasteiger partial charge in [-0.05, 0) is 69.6 Å². The van der Waals surface area contributed by atoms with E-state index in [1.54, 1.807) is 6.20 Å². The number of aromatic nitrogens is 4. The van der Waals surface area contributed by atoms with Crippen molar-refractivity contribution >= 4 is 11.6 Å². The van der Waals surface area contributed by atoms with Crippen molar-refractivity contribution in [3.63, 3.8) is 0 Å². The minimum Gasteiger partial charge on any atom is -0.326 e. The third-order valence-electron chi connectivity index (χ3n) is 5.54. The number of piperidine rings is 1. The molecule has 0 radical (unpaired) electrons. The van der Waals surface area contributed by atoms with Crippen molar-refractivity contribution in [1.82, 2.24) is 24.2 Å². The summed E-state index contributed by atoms with van der Waals surface area (Å²) in [5, 5.41) is 7.34. The Morgan fingerprint density at radius 3 is 2.76 bits per heavy atom. The van der Waals surface area contributed by atoms with E-state index >= 15 is 0 Å². The summed E-state index contributed by atoms with van der Waals surface area (Å²) in [4.78, 5) is 19.4. The Bertz CT molecular complexity index is 915. The SMILES string of the molecule is Cc1nccn1-c1ccc(NC(=O)C2CCCN(CCCn3cccn3)C2)cc1. The van der Waals surface area contributed by atoms with Crippen LogP contribution in [-0.4, -0.2) is 49.8 Å². The Morgan fingerprint density at radius 2 is 2.03 bits per heavy atom. The zero-order valence-electron chi connectivity index (χ0n) is 16.9. The van der Waals surface area contributed by atoms with Crippen molar-refractivity contribution in [1.29, 1.82) is 0 Å². The topological polar surface area (TPSA) is 68.0 Å². The smallest absolute Gasteiger partial charge is 0.228 e. The fraction of sp³-hybridized carbons (Fsp3) is 0.409. The number of hydrogen-bond acceptors (Lipinski definition) is 4. The molecule has 0 saturated carbocycles. The lowest BCUT2D eigenvalue weighted by Crippen LogP contribution is -2.41. The summed E-state index contributed by atoms with van der Waals surface area (Å²) in [5.74, 6) is 1.11. The van der Waals surface area contributed by atoms with E-state index in [4.69, 9.17) is 0 Å². The molecule has 0 bridgehead atoms. The number of carbonyl (C=O) groups is 1. The number of hydrogen-bond donors (Lipinski definition) is 1. The molecule has 1 amide bonds. The molecule has 4 rings (SSSR count). The lowest BCUT2D eigenvalue weighted by Gasteiger charge is -2.32. The largest absolute Gasteiger partial charge is 0.326 e. The lowest BCUT2D eigenvalue weighted by atomic mass is 9.97. The van der Waals surface area contributed by atoms with E-state index in [2.05, 4.69) is 20.3 Å². The Morgan fingerprint density at radius 1 is 1.17 bits per heavy atom. The Balaban J connectivity index is 1.28. The van der Waals surface area contributed by atoms with Gasteiger partial charge in [0, 0.05) is 49.3 Å². The molecule has 29 heavy (non-hydrogen) atoms. The number of anilines is 1. The summed E-state index contributed by atoms with van der Waals surface area (Å²) in [6, 6.07) is 9.87. The Kier molecular flexibility index (Phi) is 6.05.